The predicted octanol–water partition coefficient (Wildman–Crippen LogP) is 5.11. The zero-order valence-corrected chi connectivity index (χ0v) is 14.6. The minimum absolute atomic E-state index is 0.614. The fourth-order valence-corrected chi connectivity index (χ4v) is 2.53. The second-order valence-electron chi connectivity index (χ2n) is 5.54. The fourth-order valence-electron chi connectivity index (χ4n) is 2.35. The maximum absolute atomic E-state index is 8.86. The molecule has 2 aromatic carbocycles. The van der Waals surface area contributed by atoms with Crippen molar-refractivity contribution in [2.24, 2.45) is 0 Å². The number of nitriles is 1. The quantitative estimate of drug-likeness (QED) is 0.685. The molecule has 0 aliphatic heterocycles. The highest BCUT2D eigenvalue weighted by molar-refractivity contribution is 6.31. The van der Waals surface area contributed by atoms with E-state index in [1.165, 1.54) is 0 Å². The number of hydrogen-bond donors (Lipinski definition) is 2. The van der Waals surface area contributed by atoms with Crippen LogP contribution in [0, 0.1) is 25.2 Å². The van der Waals surface area contributed by atoms with E-state index >= 15 is 0 Å². The topological polar surface area (TPSA) is 73.6 Å². The lowest BCUT2D eigenvalue weighted by Gasteiger charge is -2.12. The number of anilines is 4. The van der Waals surface area contributed by atoms with Crippen LogP contribution in [0.5, 0.6) is 0 Å². The van der Waals surface area contributed by atoms with Gasteiger partial charge in [0.15, 0.2) is 0 Å². The lowest BCUT2D eigenvalue weighted by Crippen LogP contribution is -2.02. The molecule has 0 aliphatic rings. The van der Waals surface area contributed by atoms with Gasteiger partial charge in [-0.15, -0.1) is 0 Å². The first kappa shape index (κ1) is 16.7. The predicted molar refractivity (Wildman–Crippen MR) is 101 cm³/mol. The van der Waals surface area contributed by atoms with Crippen LogP contribution in [0.3, 0.4) is 0 Å². The lowest BCUT2D eigenvalue weighted by molar-refractivity contribution is 1.06. The minimum Gasteiger partial charge on any atom is -0.340 e. The molecule has 0 unspecified atom stereocenters. The van der Waals surface area contributed by atoms with E-state index in [0.29, 0.717) is 28.0 Å². The third-order valence-electron chi connectivity index (χ3n) is 3.65. The van der Waals surface area contributed by atoms with Gasteiger partial charge in [-0.1, -0.05) is 17.7 Å². The fraction of sp³-hybridized carbons (Fsp3) is 0.105. The van der Waals surface area contributed by atoms with Crippen molar-refractivity contribution in [3.8, 4) is 6.07 Å². The molecule has 0 radical (unpaired) electrons. The van der Waals surface area contributed by atoms with Gasteiger partial charge in [0, 0.05) is 22.5 Å². The van der Waals surface area contributed by atoms with Crippen molar-refractivity contribution < 1.29 is 0 Å². The Morgan fingerprint density at radius 1 is 0.960 bits per heavy atom. The number of rotatable bonds is 4. The number of nitrogens with one attached hydrogen (secondary N) is 2. The molecule has 0 saturated carbocycles. The summed E-state index contributed by atoms with van der Waals surface area (Å²) < 4.78 is 0. The summed E-state index contributed by atoms with van der Waals surface area (Å²) in [5.41, 5.74) is 3.32. The minimum atomic E-state index is 0.614. The van der Waals surface area contributed by atoms with E-state index in [0.717, 1.165) is 16.9 Å². The van der Waals surface area contributed by atoms with Crippen molar-refractivity contribution in [3.63, 3.8) is 0 Å². The molecule has 0 spiro atoms. The number of aryl methyl sites for hydroxylation is 1. The van der Waals surface area contributed by atoms with Crippen LogP contribution >= 0.6 is 11.6 Å². The molecule has 2 N–H and O–H groups in total. The van der Waals surface area contributed by atoms with E-state index in [2.05, 4.69) is 26.7 Å². The molecule has 3 rings (SSSR count). The molecular formula is C19H16ClN5. The van der Waals surface area contributed by atoms with Crippen LogP contribution < -0.4 is 10.6 Å². The number of halogens is 1. The van der Waals surface area contributed by atoms with Crippen LogP contribution in [0.1, 0.15) is 17.0 Å². The summed E-state index contributed by atoms with van der Waals surface area (Å²) in [6.07, 6.45) is 0. The zero-order chi connectivity index (χ0) is 17.8. The molecule has 0 aliphatic carbocycles. The van der Waals surface area contributed by atoms with Crippen molar-refractivity contribution in [2.45, 2.75) is 13.8 Å². The second-order valence-corrected chi connectivity index (χ2v) is 5.94. The first-order chi connectivity index (χ1) is 12.0. The Morgan fingerprint density at radius 2 is 1.64 bits per heavy atom. The molecule has 5 nitrogen and oxygen atoms in total. The molecule has 0 atom stereocenters. The monoisotopic (exact) mass is 349 g/mol. The maximum Gasteiger partial charge on any atom is 0.136 e. The van der Waals surface area contributed by atoms with Gasteiger partial charge in [-0.25, -0.2) is 9.97 Å². The molecule has 0 saturated heterocycles. The maximum atomic E-state index is 8.86. The molecular weight excluding hydrogens is 334 g/mol. The van der Waals surface area contributed by atoms with Gasteiger partial charge in [0.1, 0.15) is 17.5 Å². The Kier molecular flexibility index (Phi) is 4.82. The highest BCUT2D eigenvalue weighted by atomic mass is 35.5. The third-order valence-corrected chi connectivity index (χ3v) is 4.06. The SMILES string of the molecule is Cc1nc(Nc2ccc(C#N)cc2)cc(Nc2cccc(Cl)c2C)n1. The zero-order valence-electron chi connectivity index (χ0n) is 13.8. The summed E-state index contributed by atoms with van der Waals surface area (Å²) >= 11 is 6.17. The van der Waals surface area contributed by atoms with Crippen LogP contribution in [0.15, 0.2) is 48.5 Å². The van der Waals surface area contributed by atoms with Crippen molar-refractivity contribution in [2.75, 3.05) is 10.6 Å². The highest BCUT2D eigenvalue weighted by Gasteiger charge is 2.06. The molecule has 1 heterocycles. The Morgan fingerprint density at radius 3 is 2.32 bits per heavy atom. The molecule has 124 valence electrons. The van der Waals surface area contributed by atoms with Crippen LogP contribution in [-0.2, 0) is 0 Å². The Hall–Kier alpha value is -3.10. The van der Waals surface area contributed by atoms with Gasteiger partial charge in [0.25, 0.3) is 0 Å². The Balaban J connectivity index is 1.85. The molecule has 25 heavy (non-hydrogen) atoms. The van der Waals surface area contributed by atoms with Crippen LogP contribution in [-0.4, -0.2) is 9.97 Å². The van der Waals surface area contributed by atoms with Crippen LogP contribution in [0.2, 0.25) is 5.02 Å². The molecule has 0 bridgehead atoms. The first-order valence-corrected chi connectivity index (χ1v) is 8.08. The van der Waals surface area contributed by atoms with Gasteiger partial charge in [0.2, 0.25) is 0 Å². The van der Waals surface area contributed by atoms with E-state index < -0.39 is 0 Å². The van der Waals surface area contributed by atoms with Crippen molar-refractivity contribution in [3.05, 3.63) is 70.5 Å². The van der Waals surface area contributed by atoms with Gasteiger partial charge in [-0.2, -0.15) is 5.26 Å². The summed E-state index contributed by atoms with van der Waals surface area (Å²) in [6, 6.07) is 16.8. The largest absolute Gasteiger partial charge is 0.340 e. The summed E-state index contributed by atoms with van der Waals surface area (Å²) in [5, 5.41) is 16.1. The number of benzene rings is 2. The number of nitrogens with zero attached hydrogens (tertiary/aromatic N) is 3. The van der Waals surface area contributed by atoms with Crippen molar-refractivity contribution in [1.82, 2.24) is 9.97 Å². The van der Waals surface area contributed by atoms with Gasteiger partial charge in [-0.3, -0.25) is 0 Å². The van der Waals surface area contributed by atoms with E-state index in [4.69, 9.17) is 16.9 Å². The van der Waals surface area contributed by atoms with Crippen LogP contribution in [0.4, 0.5) is 23.0 Å². The van der Waals surface area contributed by atoms with Crippen molar-refractivity contribution in [1.29, 1.82) is 5.26 Å². The average molecular weight is 350 g/mol. The Bertz CT molecular complexity index is 945. The summed E-state index contributed by atoms with van der Waals surface area (Å²) in [4.78, 5) is 8.82. The number of aromatic nitrogens is 2. The van der Waals surface area contributed by atoms with E-state index in [9.17, 15) is 0 Å². The van der Waals surface area contributed by atoms with Gasteiger partial charge < -0.3 is 10.6 Å². The van der Waals surface area contributed by atoms with Crippen LogP contribution in [0.25, 0.3) is 0 Å². The van der Waals surface area contributed by atoms with Gasteiger partial charge >= 0.3 is 0 Å². The molecule has 0 fully saturated rings. The average Bonchev–Trinajstić information content (AvgIpc) is 2.59. The summed E-state index contributed by atoms with van der Waals surface area (Å²) in [5.74, 6) is 1.98. The molecule has 3 aromatic rings. The molecule has 0 amide bonds. The van der Waals surface area contributed by atoms with Gasteiger partial charge in [0.05, 0.1) is 11.6 Å². The van der Waals surface area contributed by atoms with Gasteiger partial charge in [-0.05, 0) is 55.8 Å². The molecule has 1 aromatic heterocycles. The van der Waals surface area contributed by atoms with Crippen molar-refractivity contribution >= 4 is 34.6 Å². The summed E-state index contributed by atoms with van der Waals surface area (Å²) in [7, 11) is 0. The number of hydrogen-bond acceptors (Lipinski definition) is 5. The van der Waals surface area contributed by atoms with E-state index in [1.807, 2.05) is 50.2 Å². The summed E-state index contributed by atoms with van der Waals surface area (Å²) in [6.45, 7) is 3.79. The third kappa shape index (κ3) is 4.06. The lowest BCUT2D eigenvalue weighted by atomic mass is 10.2. The van der Waals surface area contributed by atoms with E-state index in [1.54, 1.807) is 12.1 Å². The smallest absolute Gasteiger partial charge is 0.136 e. The Labute approximate surface area is 151 Å². The second kappa shape index (κ2) is 7.20. The normalized spacial score (nSPS) is 10.2. The standard InChI is InChI=1S/C19H16ClN5/c1-12-16(20)4-3-5-17(12)25-19-10-18(22-13(2)23-19)24-15-8-6-14(11-21)7-9-15/h3-10H,1-2H3,(H2,22,23,24,25). The highest BCUT2D eigenvalue weighted by Crippen LogP contribution is 2.26. The molecule has 6 heteroatoms. The first-order valence-electron chi connectivity index (χ1n) is 7.70. The van der Waals surface area contributed by atoms with E-state index in [-0.39, 0.29) is 0 Å².